The molecule has 0 fully saturated rings. The second-order valence-corrected chi connectivity index (χ2v) is 20.5. The highest BCUT2D eigenvalue weighted by Gasteiger charge is 2.19. The summed E-state index contributed by atoms with van der Waals surface area (Å²) in [6.45, 7) is 0. The number of fused-ring (bicyclic) bond motifs is 6. The van der Waals surface area contributed by atoms with Gasteiger partial charge in [-0.3, -0.25) is 0 Å². The van der Waals surface area contributed by atoms with Crippen molar-refractivity contribution in [2.75, 3.05) is 0 Å². The summed E-state index contributed by atoms with van der Waals surface area (Å²) in [6, 6.07) is 96.4. The van der Waals surface area contributed by atoms with Crippen molar-refractivity contribution in [3.8, 4) is 90.3 Å². The number of aromatic nitrogens is 8. The van der Waals surface area contributed by atoms with Crippen molar-refractivity contribution >= 4 is 66.8 Å². The van der Waals surface area contributed by atoms with E-state index in [1.54, 1.807) is 0 Å². The molecule has 10 heteroatoms. The number of hydrogen-bond donors (Lipinski definition) is 0. The number of para-hydroxylation sites is 1. The Morgan fingerprint density at radius 2 is 0.524 bits per heavy atom. The third kappa shape index (κ3) is 9.72. The highest BCUT2D eigenvalue weighted by atomic mass is 35.5. The molecule has 0 aliphatic carbocycles. The van der Waals surface area contributed by atoms with Gasteiger partial charge in [0.2, 0.25) is 10.6 Å². The van der Waals surface area contributed by atoms with Crippen molar-refractivity contribution in [2.45, 2.75) is 0 Å². The minimum atomic E-state index is 0.167. The van der Waals surface area contributed by atoms with Gasteiger partial charge in [-0.15, -0.1) is 0 Å². The van der Waals surface area contributed by atoms with Gasteiger partial charge in [-0.1, -0.05) is 200 Å². The third-order valence-corrected chi connectivity index (χ3v) is 15.1. The fourth-order valence-corrected chi connectivity index (χ4v) is 11.2. The van der Waals surface area contributed by atoms with Gasteiger partial charge in [0.25, 0.3) is 0 Å². The quantitative estimate of drug-likeness (QED) is 0.143. The van der Waals surface area contributed by atoms with Gasteiger partial charge in [-0.2, -0.15) is 19.9 Å². The average molecular weight is 1090 g/mol. The zero-order valence-corrected chi connectivity index (χ0v) is 45.4. The van der Waals surface area contributed by atoms with E-state index in [0.29, 0.717) is 23.3 Å². The molecular formula is C72H46Cl2N8. The summed E-state index contributed by atoms with van der Waals surface area (Å²) in [7, 11) is 0. The fourth-order valence-electron chi connectivity index (χ4n) is 10.9. The molecule has 0 N–H and O–H groups in total. The zero-order valence-electron chi connectivity index (χ0n) is 43.9. The van der Waals surface area contributed by atoms with Crippen LogP contribution in [-0.2, 0) is 0 Å². The predicted octanol–water partition coefficient (Wildman–Crippen LogP) is 18.9. The van der Waals surface area contributed by atoms with Gasteiger partial charge in [0.1, 0.15) is 0 Å². The Morgan fingerprint density at radius 1 is 0.207 bits per heavy atom. The standard InChI is InChI=1S/C39H25ClN4.C33H21ClN4/c40-39-42-37(28-15-8-3-9-16-28)41-38(43-39)31-20-22-36-34(25-31)33-24-30(27-13-6-2-7-14-27)19-21-35(33)44(36)32-18-10-17-29(23-32)26-11-4-1-5-12-26;34-33-36-31(23-12-6-2-7-13-23)35-32(37-33)25-17-19-29-28(20-25)27-18-16-24(22-10-4-1-5-11-22)21-30(27)38(29)26-14-8-3-9-15-26/h1-25H;1-21H. The van der Waals surface area contributed by atoms with Crippen molar-refractivity contribution in [2.24, 2.45) is 0 Å². The lowest BCUT2D eigenvalue weighted by atomic mass is 10.0. The van der Waals surface area contributed by atoms with Crippen molar-refractivity contribution in [3.05, 3.63) is 290 Å². The van der Waals surface area contributed by atoms with Crippen LogP contribution in [0.15, 0.2) is 279 Å². The molecule has 0 aliphatic rings. The fraction of sp³-hybridized carbons (Fsp3) is 0. The lowest BCUT2D eigenvalue weighted by molar-refractivity contribution is 1.07. The molecule has 4 heterocycles. The molecule has 0 spiro atoms. The summed E-state index contributed by atoms with van der Waals surface area (Å²) < 4.78 is 4.65. The molecule has 11 aromatic carbocycles. The van der Waals surface area contributed by atoms with Gasteiger partial charge in [0.05, 0.1) is 22.1 Å². The van der Waals surface area contributed by atoms with E-state index in [9.17, 15) is 0 Å². The number of nitrogens with zero attached hydrogens (tertiary/aromatic N) is 8. The molecule has 4 aromatic heterocycles. The lowest BCUT2D eigenvalue weighted by Gasteiger charge is -2.11. The Bertz CT molecular complexity index is 4800. The van der Waals surface area contributed by atoms with E-state index in [1.807, 2.05) is 84.9 Å². The molecule has 8 nitrogen and oxygen atoms in total. The second-order valence-electron chi connectivity index (χ2n) is 19.8. The van der Waals surface area contributed by atoms with Crippen molar-refractivity contribution in [1.29, 1.82) is 0 Å². The van der Waals surface area contributed by atoms with Gasteiger partial charge in [0, 0.05) is 55.2 Å². The minimum absolute atomic E-state index is 0.167. The average Bonchev–Trinajstić information content (AvgIpc) is 4.27. The molecule has 0 atom stereocenters. The van der Waals surface area contributed by atoms with Crippen molar-refractivity contribution in [1.82, 2.24) is 39.0 Å². The van der Waals surface area contributed by atoms with E-state index in [0.717, 1.165) is 82.8 Å². The molecule has 15 aromatic rings. The van der Waals surface area contributed by atoms with Crippen LogP contribution in [0.25, 0.3) is 134 Å². The summed E-state index contributed by atoms with van der Waals surface area (Å²) in [5, 5.41) is 4.89. The SMILES string of the molecule is Clc1nc(-c2ccccc2)nc(-c2ccc3c(c2)c2cc(-c4ccccc4)ccc2n3-c2cccc(-c3ccccc3)c2)n1.Clc1nc(-c2ccccc2)nc(-c2ccc3c(c2)c2ccc(-c4ccccc4)cc2n3-c2ccccc2)n1. The number of hydrogen-bond acceptors (Lipinski definition) is 6. The minimum Gasteiger partial charge on any atom is -0.309 e. The van der Waals surface area contributed by atoms with E-state index < -0.39 is 0 Å². The van der Waals surface area contributed by atoms with E-state index >= 15 is 0 Å². The van der Waals surface area contributed by atoms with Crippen LogP contribution in [0.4, 0.5) is 0 Å². The Hall–Kier alpha value is -10.4. The molecule has 0 aliphatic heterocycles. The van der Waals surface area contributed by atoms with Crippen LogP contribution >= 0.6 is 23.2 Å². The number of halogens is 2. The first-order valence-electron chi connectivity index (χ1n) is 26.9. The van der Waals surface area contributed by atoms with Gasteiger partial charge >= 0.3 is 0 Å². The van der Waals surface area contributed by atoms with Crippen LogP contribution in [0.3, 0.4) is 0 Å². The maximum Gasteiger partial charge on any atom is 0.226 e. The summed E-state index contributed by atoms with van der Waals surface area (Å²) in [5.74, 6) is 2.19. The van der Waals surface area contributed by atoms with Crippen LogP contribution in [0.5, 0.6) is 0 Å². The van der Waals surface area contributed by atoms with Crippen molar-refractivity contribution < 1.29 is 0 Å². The maximum absolute atomic E-state index is 6.43. The van der Waals surface area contributed by atoms with Crippen LogP contribution in [0.1, 0.15) is 0 Å². The van der Waals surface area contributed by atoms with Gasteiger partial charge in [-0.25, -0.2) is 9.97 Å². The summed E-state index contributed by atoms with van der Waals surface area (Å²) in [4.78, 5) is 27.4. The highest BCUT2D eigenvalue weighted by molar-refractivity contribution is 6.28. The molecule has 388 valence electrons. The molecule has 15 rings (SSSR count). The predicted molar refractivity (Wildman–Crippen MR) is 336 cm³/mol. The van der Waals surface area contributed by atoms with Gasteiger partial charge in [0.15, 0.2) is 23.3 Å². The van der Waals surface area contributed by atoms with Crippen molar-refractivity contribution in [3.63, 3.8) is 0 Å². The second kappa shape index (κ2) is 21.7. The maximum atomic E-state index is 6.43. The first-order chi connectivity index (χ1) is 40.5. The molecule has 0 unspecified atom stereocenters. The summed E-state index contributed by atoms with van der Waals surface area (Å²) in [6.07, 6.45) is 0. The number of rotatable bonds is 9. The Balaban J connectivity index is 0.000000148. The van der Waals surface area contributed by atoms with Crippen LogP contribution in [0.2, 0.25) is 10.6 Å². The first kappa shape index (κ1) is 49.9. The summed E-state index contributed by atoms with van der Waals surface area (Å²) in [5.41, 5.74) is 17.3. The first-order valence-corrected chi connectivity index (χ1v) is 27.6. The monoisotopic (exact) mass is 1090 g/mol. The molecular weight excluding hydrogens is 1050 g/mol. The van der Waals surface area contributed by atoms with E-state index in [2.05, 4.69) is 223 Å². The Kier molecular flexibility index (Phi) is 13.2. The third-order valence-electron chi connectivity index (χ3n) is 14.8. The summed E-state index contributed by atoms with van der Waals surface area (Å²) >= 11 is 12.8. The Labute approximate surface area is 482 Å². The zero-order chi connectivity index (χ0) is 54.9. The Morgan fingerprint density at radius 3 is 0.988 bits per heavy atom. The van der Waals surface area contributed by atoms with Crippen LogP contribution < -0.4 is 0 Å². The molecule has 0 saturated heterocycles. The molecule has 0 amide bonds. The van der Waals surface area contributed by atoms with Crippen LogP contribution in [0, 0.1) is 0 Å². The smallest absolute Gasteiger partial charge is 0.226 e. The molecule has 0 saturated carbocycles. The van der Waals surface area contributed by atoms with E-state index in [-0.39, 0.29) is 10.6 Å². The molecule has 0 bridgehead atoms. The van der Waals surface area contributed by atoms with Crippen LogP contribution in [-0.4, -0.2) is 39.0 Å². The van der Waals surface area contributed by atoms with Gasteiger partial charge < -0.3 is 9.13 Å². The normalized spacial score (nSPS) is 11.3. The highest BCUT2D eigenvalue weighted by Crippen LogP contribution is 2.40. The van der Waals surface area contributed by atoms with E-state index in [4.69, 9.17) is 33.2 Å². The van der Waals surface area contributed by atoms with Gasteiger partial charge in [-0.05, 0) is 135 Å². The number of benzene rings is 11. The van der Waals surface area contributed by atoms with E-state index in [1.165, 1.54) is 27.8 Å². The topological polar surface area (TPSA) is 87.2 Å². The molecule has 0 radical (unpaired) electrons. The largest absolute Gasteiger partial charge is 0.309 e. The molecule has 82 heavy (non-hydrogen) atoms. The lowest BCUT2D eigenvalue weighted by Crippen LogP contribution is -1.97.